The normalized spacial score (nSPS) is 33.0. The van der Waals surface area contributed by atoms with Crippen molar-refractivity contribution in [1.29, 1.82) is 0 Å². The minimum absolute atomic E-state index is 0.0648. The van der Waals surface area contributed by atoms with E-state index >= 15 is 0 Å². The van der Waals surface area contributed by atoms with E-state index in [1.807, 2.05) is 17.5 Å². The Morgan fingerprint density at radius 2 is 1.78 bits per heavy atom. The van der Waals surface area contributed by atoms with Crippen molar-refractivity contribution in [1.82, 2.24) is 0 Å². The summed E-state index contributed by atoms with van der Waals surface area (Å²) in [6.45, 7) is 16.1. The lowest BCUT2D eigenvalue weighted by Crippen LogP contribution is -2.59. The van der Waals surface area contributed by atoms with E-state index in [2.05, 4.69) is 34.3 Å². The Labute approximate surface area is 224 Å². The Hall–Kier alpha value is -2.41. The summed E-state index contributed by atoms with van der Waals surface area (Å²) < 4.78 is 18.2. The van der Waals surface area contributed by atoms with Crippen LogP contribution in [0.1, 0.15) is 78.5 Å². The topological polar surface area (TPSA) is 78.9 Å². The number of ether oxygens (including phenoxy) is 3. The predicted octanol–water partition coefficient (Wildman–Crippen LogP) is 6.19. The van der Waals surface area contributed by atoms with Crippen LogP contribution in [-0.2, 0) is 35.0 Å². The molecule has 2 bridgehead atoms. The fraction of sp³-hybridized carbons (Fsp3) is 0.633. The van der Waals surface area contributed by atoms with Gasteiger partial charge in [-0.25, -0.2) is 0 Å². The molecule has 2 fully saturated rings. The summed E-state index contributed by atoms with van der Waals surface area (Å²) in [5.74, 6) is -1.21. The monoisotopic (exact) mass is 528 g/mol. The molecule has 1 aromatic heterocycles. The molecular formula is C30H40O6S. The Kier molecular flexibility index (Phi) is 7.76. The summed E-state index contributed by atoms with van der Waals surface area (Å²) in [5, 5.41) is 1.94. The first kappa shape index (κ1) is 27.6. The van der Waals surface area contributed by atoms with E-state index in [9.17, 15) is 14.4 Å². The highest BCUT2D eigenvalue weighted by Crippen LogP contribution is 2.60. The van der Waals surface area contributed by atoms with Gasteiger partial charge in [0.2, 0.25) is 0 Å². The second-order valence-corrected chi connectivity index (χ2v) is 12.9. The van der Waals surface area contributed by atoms with Gasteiger partial charge in [0, 0.05) is 42.4 Å². The van der Waals surface area contributed by atoms with Crippen molar-refractivity contribution in [3.63, 3.8) is 0 Å². The molecule has 7 heteroatoms. The fourth-order valence-electron chi connectivity index (χ4n) is 7.28. The van der Waals surface area contributed by atoms with E-state index in [1.165, 1.54) is 36.3 Å². The quantitative estimate of drug-likeness (QED) is 0.257. The first-order chi connectivity index (χ1) is 17.3. The molecule has 0 spiro atoms. The van der Waals surface area contributed by atoms with Crippen LogP contribution in [0.5, 0.6) is 0 Å². The summed E-state index contributed by atoms with van der Waals surface area (Å²) in [6.07, 6.45) is 2.54. The van der Waals surface area contributed by atoms with E-state index in [1.54, 1.807) is 0 Å². The standard InChI is InChI=1S/C30H40O6S/c1-17-10-11-22-28(35-20(4)32)27-18(2)24(36-26(33)15-21-9-8-14-37-21)12-13-30(27,7)25(34-19(3)31)16-23(17)29(22,5)6/h8-9,14,22,24-25,27-28H,2,10-13,15-16H2,1,3-7H3/t22?,24-,25+,27?,28+,30-/m0/s1. The van der Waals surface area contributed by atoms with Gasteiger partial charge in [0.25, 0.3) is 0 Å². The summed E-state index contributed by atoms with van der Waals surface area (Å²) in [7, 11) is 0. The third-order valence-electron chi connectivity index (χ3n) is 9.15. The number of allylic oxidation sites excluding steroid dienone is 1. The number of hydrogen-bond donors (Lipinski definition) is 0. The van der Waals surface area contributed by atoms with Crippen molar-refractivity contribution < 1.29 is 28.6 Å². The van der Waals surface area contributed by atoms with Crippen LogP contribution in [-0.4, -0.2) is 36.2 Å². The van der Waals surface area contributed by atoms with Crippen molar-refractivity contribution in [2.75, 3.05) is 0 Å². The molecule has 3 aliphatic carbocycles. The SMILES string of the molecule is C=C1C2[C@H](OC(C)=O)C3CCC(C)=C(C[C@@H](OC(C)=O)[C@]2(C)CC[C@@H]1OC(=O)Cc1cccs1)C3(C)C. The Balaban J connectivity index is 1.76. The van der Waals surface area contributed by atoms with E-state index in [-0.39, 0.29) is 41.6 Å². The van der Waals surface area contributed by atoms with Crippen molar-refractivity contribution in [3.05, 3.63) is 45.7 Å². The molecular weight excluding hydrogens is 488 g/mol. The molecule has 6 atom stereocenters. The van der Waals surface area contributed by atoms with Gasteiger partial charge in [-0.2, -0.15) is 0 Å². The lowest BCUT2D eigenvalue weighted by Gasteiger charge is -2.58. The zero-order valence-corrected chi connectivity index (χ0v) is 23.7. The highest BCUT2D eigenvalue weighted by Gasteiger charge is 2.59. The lowest BCUT2D eigenvalue weighted by molar-refractivity contribution is -0.183. The zero-order valence-electron chi connectivity index (χ0n) is 22.9. The third-order valence-corrected chi connectivity index (χ3v) is 10.0. The number of thiophene rings is 1. The summed E-state index contributed by atoms with van der Waals surface area (Å²) >= 11 is 1.53. The average molecular weight is 529 g/mol. The van der Waals surface area contributed by atoms with Crippen molar-refractivity contribution in [2.24, 2.45) is 22.7 Å². The van der Waals surface area contributed by atoms with Crippen LogP contribution in [0.4, 0.5) is 0 Å². The lowest BCUT2D eigenvalue weighted by atomic mass is 9.50. The maximum absolute atomic E-state index is 12.9. The van der Waals surface area contributed by atoms with Gasteiger partial charge in [0.1, 0.15) is 18.3 Å². The van der Waals surface area contributed by atoms with Gasteiger partial charge >= 0.3 is 17.9 Å². The van der Waals surface area contributed by atoms with Crippen LogP contribution < -0.4 is 0 Å². The molecule has 1 aromatic rings. The molecule has 0 saturated heterocycles. The highest BCUT2D eigenvalue weighted by molar-refractivity contribution is 7.10. The number of carbonyl (C=O) groups is 3. The Bertz CT molecular complexity index is 1100. The molecule has 3 aliphatic rings. The average Bonchev–Trinajstić information content (AvgIpc) is 3.29. The van der Waals surface area contributed by atoms with Gasteiger partial charge in [-0.15, -0.1) is 11.3 Å². The maximum Gasteiger partial charge on any atom is 0.311 e. The summed E-state index contributed by atoms with van der Waals surface area (Å²) in [5.41, 5.74) is 2.59. The smallest absolute Gasteiger partial charge is 0.311 e. The number of rotatable bonds is 5. The van der Waals surface area contributed by atoms with Crippen molar-refractivity contribution in [3.8, 4) is 0 Å². The van der Waals surface area contributed by atoms with Gasteiger partial charge in [0.15, 0.2) is 0 Å². The minimum Gasteiger partial charge on any atom is -0.462 e. The molecule has 0 aliphatic heterocycles. The van der Waals surface area contributed by atoms with Crippen molar-refractivity contribution in [2.45, 2.75) is 98.4 Å². The first-order valence-corrected chi connectivity index (χ1v) is 14.2. The Morgan fingerprint density at radius 3 is 2.41 bits per heavy atom. The van der Waals surface area contributed by atoms with Crippen LogP contribution in [0.15, 0.2) is 40.8 Å². The van der Waals surface area contributed by atoms with Crippen LogP contribution >= 0.6 is 11.3 Å². The van der Waals surface area contributed by atoms with Gasteiger partial charge in [-0.05, 0) is 55.0 Å². The number of esters is 3. The van der Waals surface area contributed by atoms with Gasteiger partial charge in [0.05, 0.1) is 6.42 Å². The van der Waals surface area contributed by atoms with E-state index in [0.29, 0.717) is 19.3 Å². The number of hydrogen-bond acceptors (Lipinski definition) is 7. The molecule has 0 aromatic carbocycles. The van der Waals surface area contributed by atoms with Gasteiger partial charge in [-0.3, -0.25) is 14.4 Å². The maximum atomic E-state index is 12.9. The van der Waals surface area contributed by atoms with Crippen LogP contribution in [0.3, 0.4) is 0 Å². The highest BCUT2D eigenvalue weighted by atomic mass is 32.1. The molecule has 2 unspecified atom stereocenters. The Morgan fingerprint density at radius 1 is 1.08 bits per heavy atom. The third kappa shape index (κ3) is 5.29. The zero-order chi connectivity index (χ0) is 27.1. The van der Waals surface area contributed by atoms with E-state index in [4.69, 9.17) is 14.2 Å². The number of carbonyl (C=O) groups excluding carboxylic acids is 3. The van der Waals surface area contributed by atoms with Gasteiger partial charge in [-0.1, -0.05) is 44.6 Å². The minimum atomic E-state index is -0.531. The molecule has 202 valence electrons. The molecule has 4 rings (SSSR count). The molecule has 0 amide bonds. The molecule has 2 saturated carbocycles. The second-order valence-electron chi connectivity index (χ2n) is 11.8. The molecule has 37 heavy (non-hydrogen) atoms. The van der Waals surface area contributed by atoms with E-state index < -0.39 is 23.7 Å². The largest absolute Gasteiger partial charge is 0.462 e. The molecule has 0 N–H and O–H groups in total. The number of fused-ring (bicyclic) bond motifs is 3. The van der Waals surface area contributed by atoms with Gasteiger partial charge < -0.3 is 14.2 Å². The molecule has 0 radical (unpaired) electrons. The van der Waals surface area contributed by atoms with E-state index in [0.717, 1.165) is 23.3 Å². The van der Waals surface area contributed by atoms with Crippen molar-refractivity contribution >= 4 is 29.2 Å². The van der Waals surface area contributed by atoms with Crippen LogP contribution in [0.25, 0.3) is 0 Å². The summed E-state index contributed by atoms with van der Waals surface area (Å²) in [4.78, 5) is 38.6. The summed E-state index contributed by atoms with van der Waals surface area (Å²) in [6, 6.07) is 3.84. The van der Waals surface area contributed by atoms with Crippen LogP contribution in [0, 0.1) is 22.7 Å². The fourth-order valence-corrected chi connectivity index (χ4v) is 7.97. The molecule has 1 heterocycles. The molecule has 6 nitrogen and oxygen atoms in total. The first-order valence-electron chi connectivity index (χ1n) is 13.3. The predicted molar refractivity (Wildman–Crippen MR) is 143 cm³/mol. The second kappa shape index (κ2) is 10.4. The van der Waals surface area contributed by atoms with Crippen LogP contribution in [0.2, 0.25) is 0 Å².